The molecule has 0 aromatic heterocycles. The Hall–Kier alpha value is -0.553. The number of hydrogen-bond donors (Lipinski definition) is 1. The summed E-state index contributed by atoms with van der Waals surface area (Å²) in [6.07, 6.45) is -0.397. The van der Waals surface area contributed by atoms with Crippen molar-refractivity contribution in [3.63, 3.8) is 0 Å². The van der Waals surface area contributed by atoms with Gasteiger partial charge in [-0.2, -0.15) is 0 Å². The Kier molecular flexibility index (Phi) is 6.08. The number of alkyl carbamates (subject to hydrolysis) is 1. The molecule has 0 radical (unpaired) electrons. The fraction of sp³-hybridized carbons (Fsp3) is 0.929. The van der Waals surface area contributed by atoms with Crippen molar-refractivity contribution in [2.75, 3.05) is 6.54 Å². The van der Waals surface area contributed by atoms with Crippen LogP contribution in [0.3, 0.4) is 0 Å². The lowest BCUT2D eigenvalue weighted by atomic mass is 10.2. The van der Waals surface area contributed by atoms with Crippen LogP contribution in [-0.4, -0.2) is 32.7 Å². The average Bonchev–Trinajstić information content (AvgIpc) is 2.09. The fourth-order valence-corrected chi connectivity index (χ4v) is 2.71. The van der Waals surface area contributed by atoms with Crippen molar-refractivity contribution < 1.29 is 14.0 Å². The SMILES string of the molecule is CC(CNC(=O)OC(C)(C)C)O[Si](C)(C)C(C)(C)C. The molecule has 19 heavy (non-hydrogen) atoms. The summed E-state index contributed by atoms with van der Waals surface area (Å²) in [5.74, 6) is 0. The highest BCUT2D eigenvalue weighted by atomic mass is 28.4. The lowest BCUT2D eigenvalue weighted by Crippen LogP contribution is -2.46. The maximum Gasteiger partial charge on any atom is 0.407 e. The number of ether oxygens (including phenoxy) is 1. The van der Waals surface area contributed by atoms with Crippen LogP contribution in [0.15, 0.2) is 0 Å². The van der Waals surface area contributed by atoms with E-state index in [0.717, 1.165) is 0 Å². The Bertz CT molecular complexity index is 303. The van der Waals surface area contributed by atoms with E-state index in [9.17, 15) is 4.79 Å². The first-order valence-corrected chi connectivity index (χ1v) is 9.80. The van der Waals surface area contributed by atoms with Crippen LogP contribution >= 0.6 is 0 Å². The summed E-state index contributed by atoms with van der Waals surface area (Å²) >= 11 is 0. The summed E-state index contributed by atoms with van der Waals surface area (Å²) in [6.45, 7) is 19.0. The minimum atomic E-state index is -1.78. The molecule has 1 amide bonds. The highest BCUT2D eigenvalue weighted by molar-refractivity contribution is 6.74. The molecule has 1 atom stereocenters. The lowest BCUT2D eigenvalue weighted by molar-refractivity contribution is 0.0501. The number of hydrogen-bond acceptors (Lipinski definition) is 3. The molecule has 0 aromatic rings. The normalized spacial score (nSPS) is 15.0. The summed E-state index contributed by atoms with van der Waals surface area (Å²) in [5, 5.41) is 2.92. The standard InChI is InChI=1S/C14H31NO3Si/c1-11(18-19(8,9)14(5,6)7)10-15-12(16)17-13(2,3)4/h11H,10H2,1-9H3,(H,15,16). The van der Waals surface area contributed by atoms with Crippen LogP contribution in [0.4, 0.5) is 4.79 Å². The maximum absolute atomic E-state index is 11.5. The Morgan fingerprint density at radius 1 is 1.16 bits per heavy atom. The molecule has 0 rings (SSSR count). The maximum atomic E-state index is 11.5. The van der Waals surface area contributed by atoms with Gasteiger partial charge in [0, 0.05) is 6.54 Å². The minimum absolute atomic E-state index is 0.00610. The second-order valence-corrected chi connectivity index (χ2v) is 12.3. The molecule has 4 nitrogen and oxygen atoms in total. The largest absolute Gasteiger partial charge is 0.444 e. The molecule has 0 heterocycles. The van der Waals surface area contributed by atoms with Crippen LogP contribution < -0.4 is 5.32 Å². The van der Waals surface area contributed by atoms with Crippen molar-refractivity contribution >= 4 is 14.4 Å². The van der Waals surface area contributed by atoms with E-state index in [-0.39, 0.29) is 11.1 Å². The molecule has 0 bridgehead atoms. The van der Waals surface area contributed by atoms with Gasteiger partial charge in [0.1, 0.15) is 5.60 Å². The first-order chi connectivity index (χ1) is 8.24. The Morgan fingerprint density at radius 3 is 2.00 bits per heavy atom. The van der Waals surface area contributed by atoms with Gasteiger partial charge in [-0.1, -0.05) is 20.8 Å². The molecule has 0 saturated heterocycles. The molecule has 5 heteroatoms. The summed E-state index contributed by atoms with van der Waals surface area (Å²) in [4.78, 5) is 11.5. The third-order valence-electron chi connectivity index (χ3n) is 3.23. The summed E-state index contributed by atoms with van der Waals surface area (Å²) < 4.78 is 11.3. The molecule has 114 valence electrons. The van der Waals surface area contributed by atoms with Gasteiger partial charge in [0.05, 0.1) is 6.10 Å². The van der Waals surface area contributed by atoms with Gasteiger partial charge in [-0.15, -0.1) is 0 Å². The van der Waals surface area contributed by atoms with Crippen molar-refractivity contribution in [2.45, 2.75) is 78.3 Å². The molecular formula is C14H31NO3Si. The zero-order chi connectivity index (χ0) is 15.5. The van der Waals surface area contributed by atoms with Gasteiger partial charge < -0.3 is 14.5 Å². The van der Waals surface area contributed by atoms with Crippen molar-refractivity contribution in [1.82, 2.24) is 5.32 Å². The number of rotatable bonds is 4. The smallest absolute Gasteiger partial charge is 0.407 e. The summed E-state index contributed by atoms with van der Waals surface area (Å²) in [5.41, 5.74) is -0.465. The van der Waals surface area contributed by atoms with Gasteiger partial charge in [0.15, 0.2) is 8.32 Å². The molecule has 1 N–H and O–H groups in total. The van der Waals surface area contributed by atoms with Crippen LogP contribution in [0.5, 0.6) is 0 Å². The summed E-state index contributed by atoms with van der Waals surface area (Å²) in [7, 11) is -1.78. The highest BCUT2D eigenvalue weighted by Crippen LogP contribution is 2.37. The van der Waals surface area contributed by atoms with Gasteiger partial charge in [-0.25, -0.2) is 4.79 Å². The number of carbonyl (C=O) groups excluding carboxylic acids is 1. The van der Waals surface area contributed by atoms with E-state index in [2.05, 4.69) is 39.2 Å². The fourth-order valence-electron chi connectivity index (χ4n) is 1.26. The Morgan fingerprint density at radius 2 is 1.63 bits per heavy atom. The third kappa shape index (κ3) is 7.57. The topological polar surface area (TPSA) is 47.6 Å². The minimum Gasteiger partial charge on any atom is -0.444 e. The van der Waals surface area contributed by atoms with E-state index >= 15 is 0 Å². The van der Waals surface area contributed by atoms with Gasteiger partial charge in [0.2, 0.25) is 0 Å². The van der Waals surface area contributed by atoms with E-state index in [0.29, 0.717) is 6.54 Å². The van der Waals surface area contributed by atoms with Crippen molar-refractivity contribution in [2.24, 2.45) is 0 Å². The number of amides is 1. The molecular weight excluding hydrogens is 258 g/mol. The zero-order valence-corrected chi connectivity index (χ0v) is 15.0. The number of nitrogens with one attached hydrogen (secondary N) is 1. The average molecular weight is 289 g/mol. The lowest BCUT2D eigenvalue weighted by Gasteiger charge is -2.38. The Labute approximate surface area is 119 Å². The third-order valence-corrected chi connectivity index (χ3v) is 7.84. The number of carbonyl (C=O) groups is 1. The van der Waals surface area contributed by atoms with Crippen molar-refractivity contribution in [3.05, 3.63) is 0 Å². The van der Waals surface area contributed by atoms with E-state index in [4.69, 9.17) is 9.16 Å². The molecule has 1 unspecified atom stereocenters. The van der Waals surface area contributed by atoms with E-state index in [1.807, 2.05) is 27.7 Å². The van der Waals surface area contributed by atoms with Gasteiger partial charge >= 0.3 is 6.09 Å². The molecule has 0 fully saturated rings. The predicted octanol–water partition coefficient (Wildman–Crippen LogP) is 3.92. The van der Waals surface area contributed by atoms with Gasteiger partial charge in [-0.05, 0) is 45.8 Å². The second kappa shape index (κ2) is 6.26. The molecule has 0 spiro atoms. The van der Waals surface area contributed by atoms with Crippen LogP contribution in [-0.2, 0) is 9.16 Å². The van der Waals surface area contributed by atoms with Crippen LogP contribution in [0.25, 0.3) is 0 Å². The summed E-state index contributed by atoms with van der Waals surface area (Å²) in [6, 6.07) is 0. The van der Waals surface area contributed by atoms with Crippen molar-refractivity contribution in [3.8, 4) is 0 Å². The van der Waals surface area contributed by atoms with Crippen LogP contribution in [0.2, 0.25) is 18.1 Å². The first-order valence-electron chi connectivity index (χ1n) is 6.89. The highest BCUT2D eigenvalue weighted by Gasteiger charge is 2.38. The molecule has 0 aliphatic carbocycles. The Balaban J connectivity index is 4.21. The van der Waals surface area contributed by atoms with Gasteiger partial charge in [-0.3, -0.25) is 0 Å². The van der Waals surface area contributed by atoms with E-state index in [1.54, 1.807) is 0 Å². The quantitative estimate of drug-likeness (QED) is 0.798. The van der Waals surface area contributed by atoms with Gasteiger partial charge in [0.25, 0.3) is 0 Å². The molecule has 0 aliphatic heterocycles. The molecule has 0 saturated carbocycles. The second-order valence-electron chi connectivity index (χ2n) is 7.57. The molecule has 0 aliphatic rings. The van der Waals surface area contributed by atoms with E-state index in [1.165, 1.54) is 0 Å². The predicted molar refractivity (Wildman–Crippen MR) is 82.0 cm³/mol. The van der Waals surface area contributed by atoms with E-state index < -0.39 is 20.0 Å². The zero-order valence-electron chi connectivity index (χ0n) is 14.0. The van der Waals surface area contributed by atoms with Crippen molar-refractivity contribution in [1.29, 1.82) is 0 Å². The van der Waals surface area contributed by atoms with Crippen LogP contribution in [0, 0.1) is 0 Å². The molecule has 0 aromatic carbocycles. The first kappa shape index (κ1) is 18.4. The van der Waals surface area contributed by atoms with Crippen LogP contribution in [0.1, 0.15) is 48.5 Å². The monoisotopic (exact) mass is 289 g/mol.